The molecule has 1 aromatic heterocycles. The topological polar surface area (TPSA) is 62.9 Å². The first-order valence-electron chi connectivity index (χ1n) is 8.38. The zero-order valence-corrected chi connectivity index (χ0v) is 15.9. The number of phenolic OH excluding ortho intramolecular Hbond substituents is 1. The first kappa shape index (κ1) is 17.9. The summed E-state index contributed by atoms with van der Waals surface area (Å²) >= 11 is 0. The molecule has 5 nitrogen and oxygen atoms in total. The summed E-state index contributed by atoms with van der Waals surface area (Å²) in [7, 11) is 5.20. The lowest BCUT2D eigenvalue weighted by Crippen LogP contribution is -2.13. The number of fused-ring (bicyclic) bond motifs is 1. The maximum atomic E-state index is 13.4. The van der Waals surface area contributed by atoms with Crippen molar-refractivity contribution in [2.45, 2.75) is 20.8 Å². The Morgan fingerprint density at radius 1 is 1.12 bits per heavy atom. The minimum Gasteiger partial charge on any atom is -0.504 e. The number of benzene rings is 2. The summed E-state index contributed by atoms with van der Waals surface area (Å²) in [4.78, 5) is 15.1. The first-order valence-corrected chi connectivity index (χ1v) is 8.38. The summed E-state index contributed by atoms with van der Waals surface area (Å²) < 4.78 is 11.3. The minimum absolute atomic E-state index is 0.0577. The lowest BCUT2D eigenvalue weighted by Gasteiger charge is -2.13. The van der Waals surface area contributed by atoms with E-state index in [-0.39, 0.29) is 11.5 Å². The van der Waals surface area contributed by atoms with Crippen LogP contribution in [0.5, 0.6) is 11.5 Å². The molecule has 3 rings (SSSR count). The Bertz CT molecular complexity index is 1010. The number of hydrogen-bond acceptors (Lipinski definition) is 5. The van der Waals surface area contributed by atoms with E-state index in [0.717, 1.165) is 11.1 Å². The predicted molar refractivity (Wildman–Crippen MR) is 103 cm³/mol. The fourth-order valence-corrected chi connectivity index (χ4v) is 3.08. The van der Waals surface area contributed by atoms with Crippen LogP contribution in [-0.4, -0.2) is 32.1 Å². The fraction of sp³-hybridized carbons (Fsp3) is 0.286. The molecule has 0 saturated heterocycles. The third-order valence-electron chi connectivity index (χ3n) is 4.75. The molecule has 0 aliphatic carbocycles. The van der Waals surface area contributed by atoms with Crippen LogP contribution in [0.2, 0.25) is 0 Å². The largest absolute Gasteiger partial charge is 0.504 e. The number of phenols is 1. The van der Waals surface area contributed by atoms with Crippen molar-refractivity contribution in [1.29, 1.82) is 0 Å². The monoisotopic (exact) mass is 353 g/mol. The highest BCUT2D eigenvalue weighted by Crippen LogP contribution is 2.39. The van der Waals surface area contributed by atoms with Gasteiger partial charge < -0.3 is 19.2 Å². The Labute approximate surface area is 152 Å². The van der Waals surface area contributed by atoms with Crippen molar-refractivity contribution in [3.63, 3.8) is 0 Å². The van der Waals surface area contributed by atoms with E-state index in [9.17, 15) is 9.90 Å². The molecule has 136 valence electrons. The highest BCUT2D eigenvalue weighted by molar-refractivity contribution is 6.20. The number of anilines is 1. The van der Waals surface area contributed by atoms with Crippen LogP contribution in [0, 0.1) is 20.8 Å². The zero-order valence-electron chi connectivity index (χ0n) is 15.9. The van der Waals surface area contributed by atoms with Gasteiger partial charge in [0.15, 0.2) is 17.1 Å². The van der Waals surface area contributed by atoms with Gasteiger partial charge in [0.2, 0.25) is 5.88 Å². The van der Waals surface area contributed by atoms with Crippen LogP contribution >= 0.6 is 0 Å². The van der Waals surface area contributed by atoms with Gasteiger partial charge in [0, 0.05) is 25.0 Å². The number of ketones is 1. The summed E-state index contributed by atoms with van der Waals surface area (Å²) in [6, 6.07) is 7.19. The van der Waals surface area contributed by atoms with Crippen LogP contribution in [0.15, 0.2) is 28.7 Å². The van der Waals surface area contributed by atoms with Crippen molar-refractivity contribution in [2.24, 2.45) is 0 Å². The molecule has 0 unspecified atom stereocenters. The van der Waals surface area contributed by atoms with Gasteiger partial charge in [-0.3, -0.25) is 4.79 Å². The van der Waals surface area contributed by atoms with Crippen LogP contribution in [0.25, 0.3) is 11.0 Å². The quantitative estimate of drug-likeness (QED) is 0.706. The molecule has 0 amide bonds. The number of carbonyl (C=O) groups excluding carboxylic acids is 1. The molecule has 26 heavy (non-hydrogen) atoms. The minimum atomic E-state index is -0.169. The van der Waals surface area contributed by atoms with Crippen LogP contribution in [0.1, 0.15) is 32.6 Å². The average Bonchev–Trinajstić information content (AvgIpc) is 3.00. The van der Waals surface area contributed by atoms with E-state index >= 15 is 0 Å². The van der Waals surface area contributed by atoms with Gasteiger partial charge in [0.1, 0.15) is 5.75 Å². The summed E-state index contributed by atoms with van der Waals surface area (Å²) in [5, 5.41) is 10.9. The van der Waals surface area contributed by atoms with Gasteiger partial charge in [-0.1, -0.05) is 6.07 Å². The molecule has 0 aliphatic rings. The summed E-state index contributed by atoms with van der Waals surface area (Å²) in [5.74, 6) is 0.980. The standard InChI is InChI=1S/C21H23NO4/c1-11-7-8-15-17(21(22(4)5)26-20(15)18(11)23)19(24)14-9-12(2)13(3)16(10-14)25-6/h7-10,23H,1-6H3. The smallest absolute Gasteiger partial charge is 0.207 e. The van der Waals surface area contributed by atoms with Gasteiger partial charge in [0.05, 0.1) is 12.7 Å². The number of hydrogen-bond donors (Lipinski definition) is 1. The van der Waals surface area contributed by atoms with Crippen molar-refractivity contribution < 1.29 is 19.1 Å². The summed E-state index contributed by atoms with van der Waals surface area (Å²) in [6.07, 6.45) is 0. The Kier molecular flexibility index (Phi) is 4.40. The molecule has 1 heterocycles. The van der Waals surface area contributed by atoms with Crippen molar-refractivity contribution in [2.75, 3.05) is 26.1 Å². The Morgan fingerprint density at radius 2 is 1.81 bits per heavy atom. The molecular formula is C21H23NO4. The number of nitrogens with zero attached hydrogens (tertiary/aromatic N) is 1. The normalized spacial score (nSPS) is 11.0. The molecule has 3 aromatic rings. The second-order valence-electron chi connectivity index (χ2n) is 6.73. The SMILES string of the molecule is COc1cc(C(=O)c2c(N(C)C)oc3c(O)c(C)ccc23)cc(C)c1C. The van der Waals surface area contributed by atoms with E-state index in [0.29, 0.717) is 39.3 Å². The van der Waals surface area contributed by atoms with E-state index in [1.54, 1.807) is 45.2 Å². The van der Waals surface area contributed by atoms with Crippen molar-refractivity contribution in [3.8, 4) is 11.5 Å². The average molecular weight is 353 g/mol. The zero-order chi connectivity index (χ0) is 19.2. The fourth-order valence-electron chi connectivity index (χ4n) is 3.08. The Morgan fingerprint density at radius 3 is 2.42 bits per heavy atom. The van der Waals surface area contributed by atoms with Gasteiger partial charge in [0.25, 0.3) is 0 Å². The maximum absolute atomic E-state index is 13.4. The third kappa shape index (κ3) is 2.69. The number of rotatable bonds is 4. The third-order valence-corrected chi connectivity index (χ3v) is 4.75. The highest BCUT2D eigenvalue weighted by atomic mass is 16.5. The van der Waals surface area contributed by atoms with Crippen LogP contribution in [0.3, 0.4) is 0 Å². The Hall–Kier alpha value is -2.95. The van der Waals surface area contributed by atoms with Gasteiger partial charge in [-0.05, 0) is 55.7 Å². The number of methoxy groups -OCH3 is 1. The van der Waals surface area contributed by atoms with E-state index in [4.69, 9.17) is 9.15 Å². The second kappa shape index (κ2) is 6.41. The molecule has 0 saturated carbocycles. The van der Waals surface area contributed by atoms with Crippen LogP contribution in [0.4, 0.5) is 5.88 Å². The van der Waals surface area contributed by atoms with E-state index < -0.39 is 0 Å². The number of furan rings is 1. The highest BCUT2D eigenvalue weighted by Gasteiger charge is 2.26. The molecule has 2 aromatic carbocycles. The number of carbonyl (C=O) groups is 1. The molecule has 0 radical (unpaired) electrons. The molecule has 0 atom stereocenters. The van der Waals surface area contributed by atoms with E-state index in [1.807, 2.05) is 26.0 Å². The second-order valence-corrected chi connectivity index (χ2v) is 6.73. The molecule has 0 bridgehead atoms. The van der Waals surface area contributed by atoms with Gasteiger partial charge >= 0.3 is 0 Å². The van der Waals surface area contributed by atoms with Crippen LogP contribution < -0.4 is 9.64 Å². The molecule has 0 aliphatic heterocycles. The van der Waals surface area contributed by atoms with Crippen LogP contribution in [-0.2, 0) is 0 Å². The van der Waals surface area contributed by atoms with E-state index in [1.165, 1.54) is 0 Å². The van der Waals surface area contributed by atoms with E-state index in [2.05, 4.69) is 0 Å². The molecule has 0 fully saturated rings. The number of aryl methyl sites for hydroxylation is 2. The lowest BCUT2D eigenvalue weighted by molar-refractivity contribution is 0.103. The lowest BCUT2D eigenvalue weighted by atomic mass is 9.97. The number of ether oxygens (including phenoxy) is 1. The summed E-state index contributed by atoms with van der Waals surface area (Å²) in [6.45, 7) is 5.70. The van der Waals surface area contributed by atoms with Gasteiger partial charge in [-0.25, -0.2) is 0 Å². The van der Waals surface area contributed by atoms with Crippen molar-refractivity contribution in [1.82, 2.24) is 0 Å². The number of aromatic hydroxyl groups is 1. The predicted octanol–water partition coefficient (Wildman–Crippen LogP) is 4.37. The molecular weight excluding hydrogens is 330 g/mol. The van der Waals surface area contributed by atoms with Crippen molar-refractivity contribution >= 4 is 22.6 Å². The molecule has 5 heteroatoms. The first-order chi connectivity index (χ1) is 12.3. The summed E-state index contributed by atoms with van der Waals surface area (Å²) in [5.41, 5.74) is 3.96. The molecule has 0 spiro atoms. The van der Waals surface area contributed by atoms with Gasteiger partial charge in [-0.15, -0.1) is 0 Å². The van der Waals surface area contributed by atoms with Crippen molar-refractivity contribution in [3.05, 3.63) is 52.1 Å². The maximum Gasteiger partial charge on any atom is 0.207 e. The van der Waals surface area contributed by atoms with Gasteiger partial charge in [-0.2, -0.15) is 0 Å². The Balaban J connectivity index is 2.28. The molecule has 1 N–H and O–H groups in total.